The number of rotatable bonds is 8. The summed E-state index contributed by atoms with van der Waals surface area (Å²) in [5, 5.41) is 15.6. The van der Waals surface area contributed by atoms with Crippen LogP contribution in [0.4, 0.5) is 5.82 Å². The molecule has 0 aliphatic carbocycles. The van der Waals surface area contributed by atoms with Crippen molar-refractivity contribution in [2.45, 2.75) is 26.8 Å². The first kappa shape index (κ1) is 15.2. The minimum absolute atomic E-state index is 0.163. The molecule has 0 amide bonds. The van der Waals surface area contributed by atoms with Crippen LogP contribution in [0, 0.1) is 0 Å². The average molecular weight is 294 g/mol. The molecular weight excluding hydrogens is 272 g/mol. The van der Waals surface area contributed by atoms with Crippen molar-refractivity contribution in [2.24, 2.45) is 0 Å². The summed E-state index contributed by atoms with van der Waals surface area (Å²) in [6.45, 7) is 7.50. The van der Waals surface area contributed by atoms with E-state index in [2.05, 4.69) is 40.1 Å². The first-order valence-corrected chi connectivity index (χ1v) is 7.97. The zero-order chi connectivity index (χ0) is 14.4. The third-order valence-corrected chi connectivity index (χ3v) is 3.95. The Balaban J connectivity index is 2.24. The van der Waals surface area contributed by atoms with Crippen LogP contribution in [0.15, 0.2) is 11.4 Å². The maximum absolute atomic E-state index is 9.06. The standard InChI is InChI=1S/C14H22N4OS/c1-3-6-15-13-11-5-9-20-14(11)17-12(16-13)10-18(4-2)7-8-19/h5,9,19H,3-4,6-8,10H2,1-2H3,(H,15,16,17). The minimum Gasteiger partial charge on any atom is -0.395 e. The Morgan fingerprint density at radius 1 is 1.35 bits per heavy atom. The van der Waals surface area contributed by atoms with E-state index in [-0.39, 0.29) is 6.61 Å². The van der Waals surface area contributed by atoms with Crippen molar-refractivity contribution >= 4 is 27.4 Å². The number of aliphatic hydroxyl groups excluding tert-OH is 1. The van der Waals surface area contributed by atoms with Crippen molar-refractivity contribution in [3.63, 3.8) is 0 Å². The van der Waals surface area contributed by atoms with Crippen LogP contribution in [0.5, 0.6) is 0 Å². The van der Waals surface area contributed by atoms with E-state index in [9.17, 15) is 0 Å². The molecule has 0 saturated heterocycles. The maximum Gasteiger partial charge on any atom is 0.146 e. The Bertz CT molecular complexity index is 543. The number of anilines is 1. The third kappa shape index (κ3) is 3.65. The molecule has 0 radical (unpaired) electrons. The van der Waals surface area contributed by atoms with Gasteiger partial charge in [0.05, 0.1) is 18.5 Å². The highest BCUT2D eigenvalue weighted by Gasteiger charge is 2.11. The minimum atomic E-state index is 0.163. The van der Waals surface area contributed by atoms with E-state index >= 15 is 0 Å². The molecule has 0 fully saturated rings. The fraction of sp³-hybridized carbons (Fsp3) is 0.571. The largest absolute Gasteiger partial charge is 0.395 e. The zero-order valence-corrected chi connectivity index (χ0v) is 12.9. The SMILES string of the molecule is CCCNc1nc(CN(CC)CCO)nc2sccc12. The number of aliphatic hydroxyl groups is 1. The fourth-order valence-corrected chi connectivity index (χ4v) is 2.82. The number of thiophene rings is 1. The number of nitrogens with zero attached hydrogens (tertiary/aromatic N) is 3. The summed E-state index contributed by atoms with van der Waals surface area (Å²) >= 11 is 1.64. The number of hydrogen-bond donors (Lipinski definition) is 2. The molecule has 0 spiro atoms. The molecule has 0 unspecified atom stereocenters. The lowest BCUT2D eigenvalue weighted by Gasteiger charge is -2.18. The van der Waals surface area contributed by atoms with Crippen LogP contribution in [0.3, 0.4) is 0 Å². The molecule has 20 heavy (non-hydrogen) atoms. The van der Waals surface area contributed by atoms with Gasteiger partial charge in [-0.05, 0) is 24.4 Å². The highest BCUT2D eigenvalue weighted by atomic mass is 32.1. The van der Waals surface area contributed by atoms with Gasteiger partial charge in [0, 0.05) is 13.1 Å². The average Bonchev–Trinajstić information content (AvgIpc) is 2.92. The van der Waals surface area contributed by atoms with Crippen molar-refractivity contribution in [2.75, 3.05) is 31.6 Å². The molecule has 0 saturated carbocycles. The van der Waals surface area contributed by atoms with Gasteiger partial charge in [-0.3, -0.25) is 4.90 Å². The maximum atomic E-state index is 9.06. The number of fused-ring (bicyclic) bond motifs is 1. The van der Waals surface area contributed by atoms with E-state index in [1.165, 1.54) is 0 Å². The number of hydrogen-bond acceptors (Lipinski definition) is 6. The molecule has 2 N–H and O–H groups in total. The quantitative estimate of drug-likeness (QED) is 0.782. The van der Waals surface area contributed by atoms with Gasteiger partial charge in [-0.25, -0.2) is 9.97 Å². The lowest BCUT2D eigenvalue weighted by atomic mass is 10.3. The van der Waals surface area contributed by atoms with Crippen molar-refractivity contribution < 1.29 is 5.11 Å². The van der Waals surface area contributed by atoms with Crippen LogP contribution in [0.25, 0.3) is 10.2 Å². The van der Waals surface area contributed by atoms with E-state index in [4.69, 9.17) is 5.11 Å². The molecule has 5 nitrogen and oxygen atoms in total. The lowest BCUT2D eigenvalue weighted by Crippen LogP contribution is -2.27. The third-order valence-electron chi connectivity index (χ3n) is 3.14. The van der Waals surface area contributed by atoms with Gasteiger partial charge in [-0.1, -0.05) is 13.8 Å². The molecular formula is C14H22N4OS. The molecule has 2 rings (SSSR count). The Morgan fingerprint density at radius 2 is 2.20 bits per heavy atom. The Morgan fingerprint density at radius 3 is 2.90 bits per heavy atom. The van der Waals surface area contributed by atoms with Crippen molar-refractivity contribution in [3.05, 3.63) is 17.3 Å². The van der Waals surface area contributed by atoms with Gasteiger partial charge < -0.3 is 10.4 Å². The summed E-state index contributed by atoms with van der Waals surface area (Å²) in [4.78, 5) is 12.4. The van der Waals surface area contributed by atoms with Gasteiger partial charge in [0.15, 0.2) is 0 Å². The molecule has 0 aromatic carbocycles. The van der Waals surface area contributed by atoms with Gasteiger partial charge in [-0.2, -0.15) is 0 Å². The summed E-state index contributed by atoms with van der Waals surface area (Å²) in [5.41, 5.74) is 0. The Hall–Kier alpha value is -1.24. The lowest BCUT2D eigenvalue weighted by molar-refractivity contribution is 0.194. The zero-order valence-electron chi connectivity index (χ0n) is 12.1. The fourth-order valence-electron chi connectivity index (χ4n) is 2.04. The second-order valence-electron chi connectivity index (χ2n) is 4.65. The highest BCUT2D eigenvalue weighted by molar-refractivity contribution is 7.16. The van der Waals surface area contributed by atoms with Crippen LogP contribution >= 0.6 is 11.3 Å². The number of likely N-dealkylation sites (N-methyl/N-ethyl adjacent to an activating group) is 1. The summed E-state index contributed by atoms with van der Waals surface area (Å²) < 4.78 is 0. The van der Waals surface area contributed by atoms with Crippen LogP contribution in [-0.4, -0.2) is 46.2 Å². The summed E-state index contributed by atoms with van der Waals surface area (Å²) in [6.07, 6.45) is 1.07. The van der Waals surface area contributed by atoms with Gasteiger partial charge in [0.25, 0.3) is 0 Å². The predicted molar refractivity (Wildman–Crippen MR) is 84.2 cm³/mol. The Kier molecular flexibility index (Phi) is 5.70. The van der Waals surface area contributed by atoms with Crippen LogP contribution in [0.2, 0.25) is 0 Å². The van der Waals surface area contributed by atoms with Crippen LogP contribution < -0.4 is 5.32 Å². The molecule has 0 bridgehead atoms. The predicted octanol–water partition coefficient (Wildman–Crippen LogP) is 2.33. The van der Waals surface area contributed by atoms with Crippen molar-refractivity contribution in [3.8, 4) is 0 Å². The molecule has 2 aromatic heterocycles. The number of aromatic nitrogens is 2. The van der Waals surface area contributed by atoms with Crippen molar-refractivity contribution in [1.29, 1.82) is 0 Å². The normalized spacial score (nSPS) is 11.4. The van der Waals surface area contributed by atoms with Gasteiger partial charge in [-0.15, -0.1) is 11.3 Å². The molecule has 0 aliphatic rings. The molecule has 0 atom stereocenters. The highest BCUT2D eigenvalue weighted by Crippen LogP contribution is 2.25. The molecule has 6 heteroatoms. The van der Waals surface area contributed by atoms with E-state index in [1.54, 1.807) is 11.3 Å². The first-order chi connectivity index (χ1) is 9.78. The monoisotopic (exact) mass is 294 g/mol. The van der Waals surface area contributed by atoms with E-state index in [1.807, 2.05) is 5.38 Å². The summed E-state index contributed by atoms with van der Waals surface area (Å²) in [6, 6.07) is 2.06. The topological polar surface area (TPSA) is 61.3 Å². The summed E-state index contributed by atoms with van der Waals surface area (Å²) in [7, 11) is 0. The molecule has 2 heterocycles. The van der Waals surface area contributed by atoms with Crippen LogP contribution in [-0.2, 0) is 6.54 Å². The number of nitrogens with one attached hydrogen (secondary N) is 1. The summed E-state index contributed by atoms with van der Waals surface area (Å²) in [5.74, 6) is 1.74. The van der Waals surface area contributed by atoms with E-state index < -0.39 is 0 Å². The molecule has 110 valence electrons. The van der Waals surface area contributed by atoms with E-state index in [0.717, 1.165) is 41.4 Å². The second kappa shape index (κ2) is 7.52. The van der Waals surface area contributed by atoms with Crippen LogP contribution in [0.1, 0.15) is 26.1 Å². The van der Waals surface area contributed by atoms with Gasteiger partial charge in [0.1, 0.15) is 16.5 Å². The van der Waals surface area contributed by atoms with E-state index in [0.29, 0.717) is 13.1 Å². The van der Waals surface area contributed by atoms with Crippen molar-refractivity contribution in [1.82, 2.24) is 14.9 Å². The van der Waals surface area contributed by atoms with Gasteiger partial charge >= 0.3 is 0 Å². The molecule has 2 aromatic rings. The second-order valence-corrected chi connectivity index (χ2v) is 5.54. The smallest absolute Gasteiger partial charge is 0.146 e. The Labute approximate surface area is 123 Å². The van der Waals surface area contributed by atoms with Gasteiger partial charge in [0.2, 0.25) is 0 Å². The molecule has 0 aliphatic heterocycles. The first-order valence-electron chi connectivity index (χ1n) is 7.09.